The average Bonchev–Trinajstić information content (AvgIpc) is 2.29. The van der Waals surface area contributed by atoms with Crippen molar-refractivity contribution in [2.75, 3.05) is 6.61 Å². The molecule has 1 N–H and O–H groups in total. The second-order valence-corrected chi connectivity index (χ2v) is 6.66. The summed E-state index contributed by atoms with van der Waals surface area (Å²) in [5, 5.41) is 3.84. The Morgan fingerprint density at radius 2 is 1.94 bits per heavy atom. The van der Waals surface area contributed by atoms with E-state index in [9.17, 15) is 0 Å². The first-order valence-electron chi connectivity index (χ1n) is 7.47. The smallest absolute Gasteiger partial charge is 0.0697 e. The zero-order valence-electron chi connectivity index (χ0n) is 11.8. The molecule has 2 aliphatic rings. The highest BCUT2D eigenvalue weighted by Gasteiger charge is 2.39. The van der Waals surface area contributed by atoms with E-state index >= 15 is 0 Å². The van der Waals surface area contributed by atoms with Crippen LogP contribution in [-0.2, 0) is 4.74 Å². The fourth-order valence-corrected chi connectivity index (χ4v) is 3.35. The van der Waals surface area contributed by atoms with Gasteiger partial charge in [-0.3, -0.25) is 0 Å². The van der Waals surface area contributed by atoms with Crippen LogP contribution in [0.5, 0.6) is 0 Å². The van der Waals surface area contributed by atoms with Crippen LogP contribution in [0.25, 0.3) is 0 Å². The summed E-state index contributed by atoms with van der Waals surface area (Å²) in [6.45, 7) is 7.85. The highest BCUT2D eigenvalue weighted by atomic mass is 16.5. The topological polar surface area (TPSA) is 21.3 Å². The van der Waals surface area contributed by atoms with Crippen molar-refractivity contribution in [1.29, 1.82) is 0 Å². The van der Waals surface area contributed by atoms with Crippen LogP contribution >= 0.6 is 0 Å². The quantitative estimate of drug-likeness (QED) is 0.811. The maximum Gasteiger partial charge on any atom is 0.0697 e. The van der Waals surface area contributed by atoms with Gasteiger partial charge in [0.25, 0.3) is 0 Å². The van der Waals surface area contributed by atoms with Gasteiger partial charge < -0.3 is 10.1 Å². The van der Waals surface area contributed by atoms with Crippen molar-refractivity contribution < 1.29 is 4.74 Å². The van der Waals surface area contributed by atoms with Crippen LogP contribution in [0.15, 0.2) is 0 Å². The SMILES string of the molecule is CCC(C)(C)NC1CCOC2(CCCCC2)C1. The molecule has 1 saturated carbocycles. The monoisotopic (exact) mass is 239 g/mol. The molecule has 17 heavy (non-hydrogen) atoms. The van der Waals surface area contributed by atoms with E-state index in [1.807, 2.05) is 0 Å². The lowest BCUT2D eigenvalue weighted by atomic mass is 9.78. The third kappa shape index (κ3) is 3.45. The molecular formula is C15H29NO. The van der Waals surface area contributed by atoms with Crippen LogP contribution in [0, 0.1) is 0 Å². The number of hydrogen-bond donors (Lipinski definition) is 1. The summed E-state index contributed by atoms with van der Waals surface area (Å²) < 4.78 is 6.14. The van der Waals surface area contributed by atoms with Gasteiger partial charge in [-0.05, 0) is 46.0 Å². The molecule has 0 aromatic carbocycles. The molecule has 1 heterocycles. The first kappa shape index (κ1) is 13.4. The maximum absolute atomic E-state index is 6.14. The molecule has 1 aliphatic carbocycles. The molecule has 1 aliphatic heterocycles. The molecule has 1 saturated heterocycles. The van der Waals surface area contributed by atoms with E-state index in [0.29, 0.717) is 6.04 Å². The molecule has 2 rings (SSSR count). The fourth-order valence-electron chi connectivity index (χ4n) is 3.35. The average molecular weight is 239 g/mol. The normalized spacial score (nSPS) is 29.5. The van der Waals surface area contributed by atoms with Crippen LogP contribution in [-0.4, -0.2) is 23.8 Å². The molecule has 1 atom stereocenters. The molecule has 2 heteroatoms. The van der Waals surface area contributed by atoms with E-state index in [2.05, 4.69) is 26.1 Å². The van der Waals surface area contributed by atoms with Crippen LogP contribution < -0.4 is 5.32 Å². The Hall–Kier alpha value is -0.0800. The lowest BCUT2D eigenvalue weighted by Gasteiger charge is -2.45. The predicted molar refractivity (Wildman–Crippen MR) is 72.3 cm³/mol. The summed E-state index contributed by atoms with van der Waals surface area (Å²) >= 11 is 0. The lowest BCUT2D eigenvalue weighted by molar-refractivity contribution is -0.111. The van der Waals surface area contributed by atoms with Crippen molar-refractivity contribution in [2.45, 2.75) is 89.3 Å². The van der Waals surface area contributed by atoms with Crippen LogP contribution in [0.1, 0.15) is 72.1 Å². The van der Waals surface area contributed by atoms with Gasteiger partial charge in [0.1, 0.15) is 0 Å². The molecular weight excluding hydrogens is 210 g/mol. The summed E-state index contributed by atoms with van der Waals surface area (Å²) in [6.07, 6.45) is 10.3. The molecule has 0 aromatic rings. The largest absolute Gasteiger partial charge is 0.375 e. The van der Waals surface area contributed by atoms with Crippen molar-refractivity contribution >= 4 is 0 Å². The molecule has 2 fully saturated rings. The third-order valence-electron chi connectivity index (χ3n) is 4.74. The Morgan fingerprint density at radius 3 is 2.59 bits per heavy atom. The standard InChI is InChI=1S/C15H29NO/c1-4-14(2,3)16-13-8-11-17-15(12-13)9-6-5-7-10-15/h13,16H,4-12H2,1-3H3. The summed E-state index contributed by atoms with van der Waals surface area (Å²) in [7, 11) is 0. The Bertz CT molecular complexity index is 238. The zero-order valence-corrected chi connectivity index (χ0v) is 11.8. The van der Waals surface area contributed by atoms with E-state index in [1.165, 1.54) is 51.4 Å². The summed E-state index contributed by atoms with van der Waals surface area (Å²) in [6, 6.07) is 0.664. The fraction of sp³-hybridized carbons (Fsp3) is 1.00. The number of nitrogens with one attached hydrogen (secondary N) is 1. The number of hydrogen-bond acceptors (Lipinski definition) is 2. The Balaban J connectivity index is 1.92. The zero-order chi connectivity index (χ0) is 12.4. The lowest BCUT2D eigenvalue weighted by Crippen LogP contribution is -2.53. The molecule has 100 valence electrons. The molecule has 0 aromatic heterocycles. The first-order chi connectivity index (χ1) is 8.05. The highest BCUT2D eigenvalue weighted by Crippen LogP contribution is 2.38. The van der Waals surface area contributed by atoms with Crippen LogP contribution in [0.3, 0.4) is 0 Å². The molecule has 0 radical (unpaired) electrons. The molecule has 2 nitrogen and oxygen atoms in total. The first-order valence-corrected chi connectivity index (χ1v) is 7.47. The summed E-state index contributed by atoms with van der Waals surface area (Å²) in [5.74, 6) is 0. The van der Waals surface area contributed by atoms with Gasteiger partial charge in [0.05, 0.1) is 5.60 Å². The van der Waals surface area contributed by atoms with Gasteiger partial charge >= 0.3 is 0 Å². The predicted octanol–water partition coefficient (Wildman–Crippen LogP) is 3.65. The maximum atomic E-state index is 6.14. The van der Waals surface area contributed by atoms with Gasteiger partial charge in [-0.2, -0.15) is 0 Å². The van der Waals surface area contributed by atoms with Crippen molar-refractivity contribution in [1.82, 2.24) is 5.32 Å². The second-order valence-electron chi connectivity index (χ2n) is 6.66. The number of ether oxygens (including phenoxy) is 1. The van der Waals surface area contributed by atoms with Crippen molar-refractivity contribution in [3.8, 4) is 0 Å². The Kier molecular flexibility index (Phi) is 4.14. The van der Waals surface area contributed by atoms with Gasteiger partial charge in [0.2, 0.25) is 0 Å². The van der Waals surface area contributed by atoms with Gasteiger partial charge in [-0.1, -0.05) is 26.2 Å². The third-order valence-corrected chi connectivity index (χ3v) is 4.74. The summed E-state index contributed by atoms with van der Waals surface area (Å²) in [4.78, 5) is 0. The van der Waals surface area contributed by atoms with Gasteiger partial charge in [0, 0.05) is 18.2 Å². The Labute approximate surface area is 107 Å². The molecule has 1 unspecified atom stereocenters. The minimum Gasteiger partial charge on any atom is -0.375 e. The number of rotatable bonds is 3. The molecule has 0 bridgehead atoms. The molecule has 1 spiro atoms. The Morgan fingerprint density at radius 1 is 1.24 bits per heavy atom. The van der Waals surface area contributed by atoms with E-state index in [0.717, 1.165) is 6.61 Å². The van der Waals surface area contributed by atoms with Gasteiger partial charge in [-0.25, -0.2) is 0 Å². The van der Waals surface area contributed by atoms with Crippen molar-refractivity contribution in [3.05, 3.63) is 0 Å². The van der Waals surface area contributed by atoms with Crippen molar-refractivity contribution in [2.24, 2.45) is 0 Å². The van der Waals surface area contributed by atoms with E-state index < -0.39 is 0 Å². The van der Waals surface area contributed by atoms with E-state index in [4.69, 9.17) is 4.74 Å². The minimum atomic E-state index is 0.234. The molecule has 0 amide bonds. The van der Waals surface area contributed by atoms with Crippen LogP contribution in [0.2, 0.25) is 0 Å². The van der Waals surface area contributed by atoms with Crippen molar-refractivity contribution in [3.63, 3.8) is 0 Å². The van der Waals surface area contributed by atoms with E-state index in [1.54, 1.807) is 0 Å². The van der Waals surface area contributed by atoms with Crippen LogP contribution in [0.4, 0.5) is 0 Å². The van der Waals surface area contributed by atoms with Gasteiger partial charge in [0.15, 0.2) is 0 Å². The summed E-state index contributed by atoms with van der Waals surface area (Å²) in [5.41, 5.74) is 0.510. The highest BCUT2D eigenvalue weighted by molar-refractivity contribution is 4.94. The minimum absolute atomic E-state index is 0.234. The van der Waals surface area contributed by atoms with E-state index in [-0.39, 0.29) is 11.1 Å². The second kappa shape index (κ2) is 5.27. The van der Waals surface area contributed by atoms with Gasteiger partial charge in [-0.15, -0.1) is 0 Å².